The Labute approximate surface area is 168 Å². The summed E-state index contributed by atoms with van der Waals surface area (Å²) >= 11 is 0. The molecule has 0 saturated carbocycles. The van der Waals surface area contributed by atoms with Gasteiger partial charge in [-0.1, -0.05) is 53.6 Å². The molecule has 0 amide bonds. The van der Waals surface area contributed by atoms with Crippen molar-refractivity contribution in [1.29, 1.82) is 0 Å². The molecule has 1 aromatic heterocycles. The second kappa shape index (κ2) is 8.99. The summed E-state index contributed by atoms with van der Waals surface area (Å²) in [5, 5.41) is 15.2. The van der Waals surface area contributed by atoms with E-state index in [1.807, 2.05) is 72.8 Å². The van der Waals surface area contributed by atoms with Crippen molar-refractivity contribution in [2.45, 2.75) is 13.1 Å². The lowest BCUT2D eigenvalue weighted by Gasteiger charge is -2.10. The number of aromatic nitrogens is 4. The first-order valence-corrected chi connectivity index (χ1v) is 9.27. The third-order valence-corrected chi connectivity index (χ3v) is 4.39. The van der Waals surface area contributed by atoms with Crippen LogP contribution in [0.4, 0.5) is 0 Å². The maximum Gasteiger partial charge on any atom is 0.345 e. The van der Waals surface area contributed by atoms with Crippen LogP contribution in [0.2, 0.25) is 0 Å². The van der Waals surface area contributed by atoms with Crippen LogP contribution in [0, 0.1) is 0 Å². The summed E-state index contributed by atoms with van der Waals surface area (Å²) in [5.74, 6) is 1.55. The fourth-order valence-electron chi connectivity index (χ4n) is 2.99. The highest BCUT2D eigenvalue weighted by molar-refractivity contribution is 5.35. The average molecular weight is 387 g/mol. The number of benzene rings is 3. The van der Waals surface area contributed by atoms with Crippen molar-refractivity contribution in [1.82, 2.24) is 25.5 Å². The zero-order valence-corrected chi connectivity index (χ0v) is 16.0. The molecule has 1 N–H and O–H groups in total. The molecule has 3 aromatic carbocycles. The van der Waals surface area contributed by atoms with Crippen molar-refractivity contribution in [3.05, 3.63) is 90.0 Å². The Bertz CT molecular complexity index is 1070. The Balaban J connectivity index is 1.42. The first-order valence-electron chi connectivity index (χ1n) is 9.27. The lowest BCUT2D eigenvalue weighted by Crippen LogP contribution is -2.13. The third kappa shape index (κ3) is 4.59. The molecule has 7 nitrogen and oxygen atoms in total. The van der Waals surface area contributed by atoms with Crippen LogP contribution in [0.5, 0.6) is 17.5 Å². The van der Waals surface area contributed by atoms with E-state index in [-0.39, 0.29) is 0 Å². The van der Waals surface area contributed by atoms with Crippen LogP contribution in [-0.2, 0) is 13.1 Å². The highest BCUT2D eigenvalue weighted by Crippen LogP contribution is 2.22. The predicted molar refractivity (Wildman–Crippen MR) is 109 cm³/mol. The Morgan fingerprint density at radius 1 is 0.897 bits per heavy atom. The monoisotopic (exact) mass is 387 g/mol. The fraction of sp³-hybridized carbons (Fsp3) is 0.136. The van der Waals surface area contributed by atoms with Crippen molar-refractivity contribution in [3.63, 3.8) is 0 Å². The minimum Gasteiger partial charge on any atom is -0.496 e. The van der Waals surface area contributed by atoms with Gasteiger partial charge in [0.25, 0.3) is 0 Å². The molecule has 4 aromatic rings. The number of tetrazole rings is 1. The summed E-state index contributed by atoms with van der Waals surface area (Å²) in [6.45, 7) is 1.40. The number of nitrogens with zero attached hydrogens (tertiary/aromatic N) is 4. The van der Waals surface area contributed by atoms with Gasteiger partial charge in [-0.25, -0.2) is 0 Å². The van der Waals surface area contributed by atoms with Gasteiger partial charge in [-0.05, 0) is 46.3 Å². The highest BCUT2D eigenvalue weighted by Gasteiger charge is 2.10. The molecule has 0 atom stereocenters. The van der Waals surface area contributed by atoms with Crippen molar-refractivity contribution in [3.8, 4) is 23.2 Å². The van der Waals surface area contributed by atoms with E-state index in [0.717, 1.165) is 22.6 Å². The number of ether oxygens (including phenoxy) is 2. The van der Waals surface area contributed by atoms with Gasteiger partial charge >= 0.3 is 6.01 Å². The number of nitrogens with one attached hydrogen (secondary N) is 1. The van der Waals surface area contributed by atoms with Crippen LogP contribution in [0.15, 0.2) is 78.9 Å². The molecule has 1 heterocycles. The molecule has 146 valence electrons. The van der Waals surface area contributed by atoms with Gasteiger partial charge in [0.2, 0.25) is 0 Å². The smallest absolute Gasteiger partial charge is 0.345 e. The number of rotatable bonds is 8. The topological polar surface area (TPSA) is 74.1 Å². The molecule has 0 bridgehead atoms. The van der Waals surface area contributed by atoms with Gasteiger partial charge in [-0.2, -0.15) is 4.68 Å². The van der Waals surface area contributed by atoms with Crippen molar-refractivity contribution >= 4 is 0 Å². The van der Waals surface area contributed by atoms with E-state index in [2.05, 4.69) is 26.9 Å². The van der Waals surface area contributed by atoms with E-state index in [1.54, 1.807) is 11.8 Å². The molecular weight excluding hydrogens is 366 g/mol. The Kier molecular flexibility index (Phi) is 5.78. The van der Waals surface area contributed by atoms with Crippen molar-refractivity contribution in [2.75, 3.05) is 7.11 Å². The van der Waals surface area contributed by atoms with Crippen LogP contribution in [0.25, 0.3) is 5.69 Å². The summed E-state index contributed by atoms with van der Waals surface area (Å²) in [6, 6.07) is 25.8. The highest BCUT2D eigenvalue weighted by atomic mass is 16.5. The van der Waals surface area contributed by atoms with Crippen LogP contribution in [0.1, 0.15) is 11.1 Å². The third-order valence-electron chi connectivity index (χ3n) is 4.39. The molecule has 0 aliphatic rings. The Morgan fingerprint density at radius 2 is 1.72 bits per heavy atom. The van der Waals surface area contributed by atoms with Gasteiger partial charge < -0.3 is 14.8 Å². The van der Waals surface area contributed by atoms with Crippen LogP contribution < -0.4 is 14.8 Å². The normalized spacial score (nSPS) is 10.7. The van der Waals surface area contributed by atoms with Crippen LogP contribution >= 0.6 is 0 Å². The maximum atomic E-state index is 5.92. The molecular formula is C22H21N5O2. The Hall–Kier alpha value is -3.71. The molecule has 4 rings (SSSR count). The van der Waals surface area contributed by atoms with Gasteiger partial charge in [0, 0.05) is 18.7 Å². The number of hydrogen-bond donors (Lipinski definition) is 1. The molecule has 29 heavy (non-hydrogen) atoms. The van der Waals surface area contributed by atoms with Crippen LogP contribution in [-0.4, -0.2) is 27.3 Å². The van der Waals surface area contributed by atoms with E-state index >= 15 is 0 Å². The molecule has 0 fully saturated rings. The SMILES string of the molecule is COc1ccccc1CNCc1cccc(Oc2nnnn2-c2ccccc2)c1. The maximum absolute atomic E-state index is 5.92. The van der Waals surface area contributed by atoms with E-state index in [9.17, 15) is 0 Å². The summed E-state index contributed by atoms with van der Waals surface area (Å²) in [5.41, 5.74) is 3.04. The van der Waals surface area contributed by atoms with Crippen molar-refractivity contribution < 1.29 is 9.47 Å². The van der Waals surface area contributed by atoms with E-state index in [4.69, 9.17) is 9.47 Å². The quantitative estimate of drug-likeness (QED) is 0.496. The minimum atomic E-state index is 0.315. The first kappa shape index (κ1) is 18.6. The van der Waals surface area contributed by atoms with E-state index in [0.29, 0.717) is 24.8 Å². The molecule has 0 radical (unpaired) electrons. The summed E-state index contributed by atoms with van der Waals surface area (Å²) in [6.07, 6.45) is 0. The second-order valence-corrected chi connectivity index (χ2v) is 6.37. The van der Waals surface area contributed by atoms with Gasteiger partial charge in [-0.3, -0.25) is 0 Å². The van der Waals surface area contributed by atoms with Gasteiger partial charge in [0.15, 0.2) is 0 Å². The molecule has 0 saturated heterocycles. The summed E-state index contributed by atoms with van der Waals surface area (Å²) in [4.78, 5) is 0. The Morgan fingerprint density at radius 3 is 2.59 bits per heavy atom. The lowest BCUT2D eigenvalue weighted by molar-refractivity contribution is 0.407. The lowest BCUT2D eigenvalue weighted by atomic mass is 10.2. The number of methoxy groups -OCH3 is 1. The van der Waals surface area contributed by atoms with Crippen molar-refractivity contribution in [2.24, 2.45) is 0 Å². The number of para-hydroxylation sites is 2. The minimum absolute atomic E-state index is 0.315. The molecule has 0 aliphatic carbocycles. The zero-order valence-electron chi connectivity index (χ0n) is 16.0. The zero-order chi connectivity index (χ0) is 19.9. The molecule has 0 unspecified atom stereocenters. The van der Waals surface area contributed by atoms with E-state index < -0.39 is 0 Å². The molecule has 7 heteroatoms. The summed E-state index contributed by atoms with van der Waals surface area (Å²) in [7, 11) is 1.68. The summed E-state index contributed by atoms with van der Waals surface area (Å²) < 4.78 is 12.9. The predicted octanol–water partition coefficient (Wildman–Crippen LogP) is 3.75. The van der Waals surface area contributed by atoms with Crippen LogP contribution in [0.3, 0.4) is 0 Å². The largest absolute Gasteiger partial charge is 0.496 e. The van der Waals surface area contributed by atoms with Gasteiger partial charge in [-0.15, -0.1) is 0 Å². The average Bonchev–Trinajstić information content (AvgIpc) is 3.23. The van der Waals surface area contributed by atoms with Gasteiger partial charge in [0.05, 0.1) is 12.8 Å². The fourth-order valence-corrected chi connectivity index (χ4v) is 2.99. The molecule has 0 aliphatic heterocycles. The second-order valence-electron chi connectivity index (χ2n) is 6.37. The number of hydrogen-bond acceptors (Lipinski definition) is 6. The standard InChI is InChI=1S/C22H21N5O2/c1-28-21-13-6-5-9-18(21)16-23-15-17-8-7-12-20(14-17)29-22-24-25-26-27(22)19-10-3-2-4-11-19/h2-14,23H,15-16H2,1H3. The van der Waals surface area contributed by atoms with E-state index in [1.165, 1.54) is 0 Å². The van der Waals surface area contributed by atoms with Gasteiger partial charge in [0.1, 0.15) is 11.5 Å². The molecule has 0 spiro atoms. The first-order chi connectivity index (χ1) is 14.3.